The van der Waals surface area contributed by atoms with E-state index in [2.05, 4.69) is 15.3 Å². The number of carbonyl (C=O) groups is 1. The van der Waals surface area contributed by atoms with Crippen molar-refractivity contribution in [2.24, 2.45) is 5.73 Å². The SMILES string of the molecule is Nc1nccc(-c2ccc(NC(=O)[C@H](N)Cc3cccc(F)c3)cc2)n1. The maximum atomic E-state index is 13.2. The molecule has 0 aliphatic carbocycles. The quantitative estimate of drug-likeness (QED) is 0.654. The number of halogens is 1. The summed E-state index contributed by atoms with van der Waals surface area (Å²) < 4.78 is 13.2. The van der Waals surface area contributed by atoms with Crippen LogP contribution >= 0.6 is 0 Å². The number of hydrogen-bond donors (Lipinski definition) is 3. The Morgan fingerprint density at radius 2 is 1.92 bits per heavy atom. The molecule has 6 nitrogen and oxygen atoms in total. The van der Waals surface area contributed by atoms with E-state index < -0.39 is 6.04 Å². The Balaban J connectivity index is 1.64. The first-order chi connectivity index (χ1) is 12.5. The Morgan fingerprint density at radius 1 is 1.15 bits per heavy atom. The van der Waals surface area contributed by atoms with Crippen molar-refractivity contribution in [3.05, 3.63) is 72.2 Å². The molecule has 0 spiro atoms. The lowest BCUT2D eigenvalue weighted by molar-refractivity contribution is -0.117. The van der Waals surface area contributed by atoms with Crippen LogP contribution in [0.3, 0.4) is 0 Å². The van der Waals surface area contributed by atoms with Gasteiger partial charge >= 0.3 is 0 Å². The molecule has 1 atom stereocenters. The van der Waals surface area contributed by atoms with Crippen LogP contribution in [-0.2, 0) is 11.2 Å². The van der Waals surface area contributed by atoms with Gasteiger partial charge in [0.15, 0.2) is 0 Å². The van der Waals surface area contributed by atoms with Crippen molar-refractivity contribution < 1.29 is 9.18 Å². The fraction of sp³-hybridized carbons (Fsp3) is 0.105. The topological polar surface area (TPSA) is 107 Å². The molecule has 0 bridgehead atoms. The minimum Gasteiger partial charge on any atom is -0.368 e. The van der Waals surface area contributed by atoms with Gasteiger partial charge in [-0.3, -0.25) is 4.79 Å². The summed E-state index contributed by atoms with van der Waals surface area (Å²) >= 11 is 0. The Hall–Kier alpha value is -3.32. The van der Waals surface area contributed by atoms with Gasteiger partial charge in [-0.25, -0.2) is 14.4 Å². The summed E-state index contributed by atoms with van der Waals surface area (Å²) in [5.41, 5.74) is 14.3. The molecule has 1 heterocycles. The first kappa shape index (κ1) is 17.5. The molecule has 0 saturated carbocycles. The van der Waals surface area contributed by atoms with Crippen LogP contribution in [0.5, 0.6) is 0 Å². The number of amides is 1. The van der Waals surface area contributed by atoms with E-state index in [0.717, 1.165) is 5.56 Å². The van der Waals surface area contributed by atoms with Gasteiger partial charge in [0.25, 0.3) is 0 Å². The largest absolute Gasteiger partial charge is 0.368 e. The molecule has 26 heavy (non-hydrogen) atoms. The molecule has 0 aliphatic rings. The molecule has 2 aromatic carbocycles. The average molecular weight is 351 g/mol. The van der Waals surface area contributed by atoms with Crippen molar-refractivity contribution in [2.45, 2.75) is 12.5 Å². The van der Waals surface area contributed by atoms with Crippen LogP contribution in [-0.4, -0.2) is 21.9 Å². The summed E-state index contributed by atoms with van der Waals surface area (Å²) in [6.07, 6.45) is 1.83. The normalized spacial score (nSPS) is 11.8. The maximum Gasteiger partial charge on any atom is 0.241 e. The van der Waals surface area contributed by atoms with E-state index in [0.29, 0.717) is 16.9 Å². The minimum absolute atomic E-state index is 0.197. The highest BCUT2D eigenvalue weighted by Crippen LogP contribution is 2.20. The lowest BCUT2D eigenvalue weighted by Gasteiger charge is -2.13. The van der Waals surface area contributed by atoms with Crippen molar-refractivity contribution in [3.8, 4) is 11.3 Å². The van der Waals surface area contributed by atoms with Gasteiger partial charge in [-0.1, -0.05) is 24.3 Å². The van der Waals surface area contributed by atoms with Crippen LogP contribution in [0.1, 0.15) is 5.56 Å². The third kappa shape index (κ3) is 4.40. The molecule has 1 aromatic heterocycles. The second-order valence-corrected chi connectivity index (χ2v) is 5.81. The van der Waals surface area contributed by atoms with Crippen molar-refractivity contribution in [1.82, 2.24) is 9.97 Å². The summed E-state index contributed by atoms with van der Waals surface area (Å²) in [7, 11) is 0. The molecule has 0 saturated heterocycles. The lowest BCUT2D eigenvalue weighted by Crippen LogP contribution is -2.37. The number of nitrogen functional groups attached to an aromatic ring is 1. The van der Waals surface area contributed by atoms with E-state index >= 15 is 0 Å². The molecule has 5 N–H and O–H groups in total. The highest BCUT2D eigenvalue weighted by atomic mass is 19.1. The van der Waals surface area contributed by atoms with E-state index in [9.17, 15) is 9.18 Å². The zero-order chi connectivity index (χ0) is 18.5. The maximum absolute atomic E-state index is 13.2. The number of carbonyl (C=O) groups excluding carboxylic acids is 1. The van der Waals surface area contributed by atoms with Gasteiger partial charge in [0.1, 0.15) is 5.82 Å². The second-order valence-electron chi connectivity index (χ2n) is 5.81. The number of benzene rings is 2. The number of nitrogens with one attached hydrogen (secondary N) is 1. The van der Waals surface area contributed by atoms with E-state index in [1.807, 2.05) is 12.1 Å². The minimum atomic E-state index is -0.780. The monoisotopic (exact) mass is 351 g/mol. The van der Waals surface area contributed by atoms with E-state index in [4.69, 9.17) is 11.5 Å². The van der Waals surface area contributed by atoms with Gasteiger partial charge in [-0.05, 0) is 42.3 Å². The number of nitrogens with zero attached hydrogens (tertiary/aromatic N) is 2. The Morgan fingerprint density at radius 3 is 2.62 bits per heavy atom. The number of hydrogen-bond acceptors (Lipinski definition) is 5. The molecule has 3 aromatic rings. The molecule has 132 valence electrons. The number of rotatable bonds is 5. The van der Waals surface area contributed by atoms with Crippen molar-refractivity contribution in [2.75, 3.05) is 11.1 Å². The predicted octanol–water partition coefficient (Wildman–Crippen LogP) is 2.37. The first-order valence-electron chi connectivity index (χ1n) is 8.01. The van der Waals surface area contributed by atoms with Gasteiger partial charge in [0.2, 0.25) is 11.9 Å². The highest BCUT2D eigenvalue weighted by Gasteiger charge is 2.14. The molecule has 7 heteroatoms. The van der Waals surface area contributed by atoms with Crippen LogP contribution < -0.4 is 16.8 Å². The molecule has 0 radical (unpaired) electrons. The van der Waals surface area contributed by atoms with Gasteiger partial charge in [-0.15, -0.1) is 0 Å². The number of aromatic nitrogens is 2. The fourth-order valence-corrected chi connectivity index (χ4v) is 2.50. The number of nitrogens with two attached hydrogens (primary N) is 2. The molecule has 3 rings (SSSR count). The van der Waals surface area contributed by atoms with Gasteiger partial charge < -0.3 is 16.8 Å². The Kier molecular flexibility index (Phi) is 5.19. The van der Waals surface area contributed by atoms with E-state index in [1.165, 1.54) is 12.1 Å². The van der Waals surface area contributed by atoms with Gasteiger partial charge in [0, 0.05) is 17.4 Å². The zero-order valence-electron chi connectivity index (χ0n) is 13.9. The van der Waals surface area contributed by atoms with Crippen LogP contribution in [0, 0.1) is 5.82 Å². The standard InChI is InChI=1S/C19H18FN5O/c20-14-3-1-2-12(10-14)11-16(21)18(26)24-15-6-4-13(5-7-15)17-8-9-23-19(22)25-17/h1-10,16H,11,21H2,(H,24,26)(H2,22,23,25)/t16-/m1/s1. The molecule has 0 aliphatic heterocycles. The number of anilines is 2. The predicted molar refractivity (Wildman–Crippen MR) is 98.6 cm³/mol. The molecule has 1 amide bonds. The van der Waals surface area contributed by atoms with Crippen molar-refractivity contribution >= 4 is 17.5 Å². The molecular formula is C19H18FN5O. The molecule has 0 unspecified atom stereocenters. The zero-order valence-corrected chi connectivity index (χ0v) is 13.9. The average Bonchev–Trinajstić information content (AvgIpc) is 2.62. The van der Waals surface area contributed by atoms with E-state index in [1.54, 1.807) is 36.5 Å². The highest BCUT2D eigenvalue weighted by molar-refractivity contribution is 5.95. The Bertz CT molecular complexity index is 914. The van der Waals surface area contributed by atoms with Crippen LogP contribution in [0.2, 0.25) is 0 Å². The third-order valence-corrected chi connectivity index (χ3v) is 3.80. The molecule has 0 fully saturated rings. The lowest BCUT2D eigenvalue weighted by atomic mass is 10.1. The smallest absolute Gasteiger partial charge is 0.241 e. The summed E-state index contributed by atoms with van der Waals surface area (Å²) in [6.45, 7) is 0. The molecular weight excluding hydrogens is 333 g/mol. The van der Waals surface area contributed by atoms with Crippen LogP contribution in [0.15, 0.2) is 60.8 Å². The van der Waals surface area contributed by atoms with Crippen LogP contribution in [0.25, 0.3) is 11.3 Å². The van der Waals surface area contributed by atoms with E-state index in [-0.39, 0.29) is 24.1 Å². The third-order valence-electron chi connectivity index (χ3n) is 3.80. The first-order valence-corrected chi connectivity index (χ1v) is 8.01. The summed E-state index contributed by atoms with van der Waals surface area (Å²) in [4.78, 5) is 20.2. The van der Waals surface area contributed by atoms with Crippen molar-refractivity contribution in [1.29, 1.82) is 0 Å². The van der Waals surface area contributed by atoms with Gasteiger partial charge in [-0.2, -0.15) is 0 Å². The van der Waals surface area contributed by atoms with Crippen molar-refractivity contribution in [3.63, 3.8) is 0 Å². The van der Waals surface area contributed by atoms with Crippen LogP contribution in [0.4, 0.5) is 16.0 Å². The summed E-state index contributed by atoms with van der Waals surface area (Å²) in [5, 5.41) is 2.75. The van der Waals surface area contributed by atoms with Gasteiger partial charge in [0.05, 0.1) is 11.7 Å². The fourth-order valence-electron chi connectivity index (χ4n) is 2.50. The summed E-state index contributed by atoms with van der Waals surface area (Å²) in [5.74, 6) is -0.493. The second kappa shape index (κ2) is 7.71. The Labute approximate surface area is 150 Å². The summed E-state index contributed by atoms with van der Waals surface area (Å²) in [6, 6.07) is 14.1.